The van der Waals surface area contributed by atoms with Gasteiger partial charge in [0.25, 0.3) is 0 Å². The molecule has 0 spiro atoms. The summed E-state index contributed by atoms with van der Waals surface area (Å²) in [6.45, 7) is 0.990. The summed E-state index contributed by atoms with van der Waals surface area (Å²) < 4.78 is 5.22. The molecule has 11 heteroatoms. The predicted octanol–water partition coefficient (Wildman–Crippen LogP) is -0.442. The van der Waals surface area contributed by atoms with Crippen molar-refractivity contribution in [1.29, 1.82) is 0 Å². The van der Waals surface area contributed by atoms with Crippen molar-refractivity contribution in [3.63, 3.8) is 0 Å². The molecule has 0 aromatic rings. The molecule has 0 unspecified atom stereocenters. The Kier molecular flexibility index (Phi) is 5.37. The zero-order valence-electron chi connectivity index (χ0n) is 9.99. The van der Waals surface area contributed by atoms with Gasteiger partial charge in [0.2, 0.25) is 5.91 Å². The van der Waals surface area contributed by atoms with Crippen LogP contribution in [-0.2, 0) is 9.53 Å². The topological polar surface area (TPSA) is 176 Å². The lowest BCUT2D eigenvalue weighted by Crippen LogP contribution is -2.62. The van der Waals surface area contributed by atoms with Crippen LogP contribution in [0.15, 0.2) is 10.2 Å². The molecule has 0 radical (unpaired) electrons. The average Bonchev–Trinajstić information content (AvgIpc) is 2.36. The van der Waals surface area contributed by atoms with E-state index in [1.165, 1.54) is 6.92 Å². The maximum atomic E-state index is 11.0. The third-order valence-electron chi connectivity index (χ3n) is 2.57. The molecule has 3 N–H and O–H groups in total. The lowest BCUT2D eigenvalue weighted by atomic mass is 9.96. The molecule has 1 aliphatic rings. The first-order valence-corrected chi connectivity index (χ1v) is 5.35. The van der Waals surface area contributed by atoms with Crippen LogP contribution in [-0.4, -0.2) is 53.2 Å². The third-order valence-corrected chi connectivity index (χ3v) is 2.57. The first-order valence-electron chi connectivity index (χ1n) is 5.35. The van der Waals surface area contributed by atoms with Crippen LogP contribution in [0.4, 0.5) is 0 Å². The summed E-state index contributed by atoms with van der Waals surface area (Å²) in [4.78, 5) is 16.0. The van der Waals surface area contributed by atoms with Crippen molar-refractivity contribution in [3.05, 3.63) is 20.9 Å². The van der Waals surface area contributed by atoms with E-state index in [0.717, 1.165) is 0 Å². The Morgan fingerprint density at radius 3 is 2.58 bits per heavy atom. The highest BCUT2D eigenvalue weighted by Crippen LogP contribution is 2.23. The van der Waals surface area contributed by atoms with Crippen molar-refractivity contribution in [2.75, 3.05) is 6.54 Å². The van der Waals surface area contributed by atoms with Crippen LogP contribution in [0.1, 0.15) is 6.92 Å². The Morgan fingerprint density at radius 1 is 1.37 bits per heavy atom. The van der Waals surface area contributed by atoms with E-state index in [-0.39, 0.29) is 6.54 Å². The molecule has 0 bridgehead atoms. The van der Waals surface area contributed by atoms with E-state index in [4.69, 9.17) is 15.8 Å². The summed E-state index contributed by atoms with van der Waals surface area (Å²) in [6, 6.07) is -1.21. The highest BCUT2D eigenvalue weighted by molar-refractivity contribution is 5.73. The van der Waals surface area contributed by atoms with Crippen LogP contribution < -0.4 is 5.32 Å². The van der Waals surface area contributed by atoms with E-state index in [2.05, 4.69) is 25.4 Å². The Hall–Kier alpha value is -2.03. The average molecular weight is 271 g/mol. The fraction of sp³-hybridized carbons (Fsp3) is 0.875. The van der Waals surface area contributed by atoms with Gasteiger partial charge in [-0.2, -0.15) is 0 Å². The summed E-state index contributed by atoms with van der Waals surface area (Å²) in [5.41, 5.74) is 16.6. The fourth-order valence-electron chi connectivity index (χ4n) is 1.73. The van der Waals surface area contributed by atoms with E-state index in [0.29, 0.717) is 0 Å². The zero-order chi connectivity index (χ0) is 14.4. The van der Waals surface area contributed by atoms with Gasteiger partial charge >= 0.3 is 0 Å². The smallest absolute Gasteiger partial charge is 0.218 e. The Labute approximate surface area is 107 Å². The highest BCUT2D eigenvalue weighted by Gasteiger charge is 2.44. The van der Waals surface area contributed by atoms with Gasteiger partial charge in [-0.3, -0.25) is 4.79 Å². The molecule has 0 aromatic carbocycles. The molecule has 1 heterocycles. The molecule has 1 rings (SSSR count). The van der Waals surface area contributed by atoms with Crippen molar-refractivity contribution in [2.45, 2.75) is 37.5 Å². The van der Waals surface area contributed by atoms with Gasteiger partial charge in [-0.05, 0) is 11.1 Å². The van der Waals surface area contributed by atoms with Crippen LogP contribution in [0.2, 0.25) is 0 Å². The molecule has 104 valence electrons. The molecule has 0 aliphatic carbocycles. The van der Waals surface area contributed by atoms with Gasteiger partial charge in [-0.15, -0.1) is 0 Å². The minimum absolute atomic E-state index is 0.224. The van der Waals surface area contributed by atoms with Crippen LogP contribution in [0.3, 0.4) is 0 Å². The van der Waals surface area contributed by atoms with Crippen LogP contribution in [0.5, 0.6) is 0 Å². The Bertz CT molecular complexity index is 415. The molecule has 0 saturated carbocycles. The van der Waals surface area contributed by atoms with Crippen LogP contribution in [0, 0.1) is 0 Å². The monoisotopic (exact) mass is 271 g/mol. The number of nitrogens with zero attached hydrogens (tertiary/aromatic N) is 6. The second kappa shape index (κ2) is 6.78. The largest absolute Gasteiger partial charge is 0.390 e. The summed E-state index contributed by atoms with van der Waals surface area (Å²) in [5.74, 6) is -0.470. The highest BCUT2D eigenvalue weighted by atomic mass is 16.5. The molecule has 11 nitrogen and oxygen atoms in total. The van der Waals surface area contributed by atoms with Crippen molar-refractivity contribution >= 4 is 5.91 Å². The number of aliphatic hydroxyl groups excluding tert-OH is 2. The Balaban J connectivity index is 2.93. The van der Waals surface area contributed by atoms with E-state index in [9.17, 15) is 15.0 Å². The molecule has 5 atom stereocenters. The molecule has 0 aromatic heterocycles. The summed E-state index contributed by atoms with van der Waals surface area (Å²) in [7, 11) is 0. The molecule has 1 fully saturated rings. The molecular weight excluding hydrogens is 258 g/mol. The van der Waals surface area contributed by atoms with E-state index in [1.807, 2.05) is 0 Å². The number of rotatable bonds is 4. The van der Waals surface area contributed by atoms with Gasteiger partial charge in [0, 0.05) is 16.7 Å². The predicted molar refractivity (Wildman–Crippen MR) is 61.4 cm³/mol. The second-order valence-electron chi connectivity index (χ2n) is 3.89. The molecular formula is C8H13N7O4. The lowest BCUT2D eigenvalue weighted by Gasteiger charge is -2.40. The number of amides is 1. The maximum absolute atomic E-state index is 11.0. The van der Waals surface area contributed by atoms with Gasteiger partial charge in [0.05, 0.1) is 24.8 Å². The van der Waals surface area contributed by atoms with Crippen molar-refractivity contribution in [3.8, 4) is 0 Å². The first kappa shape index (κ1) is 15.0. The lowest BCUT2D eigenvalue weighted by molar-refractivity contribution is -0.186. The number of hydrogen-bond acceptors (Lipinski definition) is 6. The number of nitrogens with one attached hydrogen (secondary N) is 1. The molecule has 1 amide bonds. The number of hydrogen-bond donors (Lipinski definition) is 3. The summed E-state index contributed by atoms with van der Waals surface area (Å²) >= 11 is 0. The first-order chi connectivity index (χ1) is 9.01. The van der Waals surface area contributed by atoms with Crippen LogP contribution >= 0.6 is 0 Å². The standard InChI is InChI=1S/C8H13N7O4/c1-3(16)12-8-7(18)5(13-15-10)6(17)4(19-8)2-11-14-9/h4-8,17-18H,2H2,1H3,(H,12,16)/t4-,5+,6-,7-,8-/m1/s1. The second-order valence-corrected chi connectivity index (χ2v) is 3.89. The summed E-state index contributed by atoms with van der Waals surface area (Å²) in [5, 5.41) is 28.5. The SMILES string of the molecule is CC(=O)N[C@@H]1O[C@H](CN=[N+]=[N-])[C@@H](O)[C@H](N=[N+]=[N-])[C@H]1O. The van der Waals surface area contributed by atoms with Gasteiger partial charge in [0.1, 0.15) is 6.10 Å². The number of carbonyl (C=O) groups is 1. The number of aliphatic hydroxyl groups is 2. The summed E-state index contributed by atoms with van der Waals surface area (Å²) in [6.07, 6.45) is -4.90. The number of ether oxygens (including phenoxy) is 1. The maximum Gasteiger partial charge on any atom is 0.218 e. The van der Waals surface area contributed by atoms with Gasteiger partial charge in [-0.1, -0.05) is 10.2 Å². The normalized spacial score (nSPS) is 33.7. The third kappa shape index (κ3) is 3.71. The van der Waals surface area contributed by atoms with Gasteiger partial charge in [-0.25, -0.2) is 0 Å². The van der Waals surface area contributed by atoms with Gasteiger partial charge < -0.3 is 20.3 Å². The minimum atomic E-state index is -1.41. The van der Waals surface area contributed by atoms with E-state index >= 15 is 0 Å². The molecule has 19 heavy (non-hydrogen) atoms. The molecule has 1 saturated heterocycles. The number of azide groups is 2. The van der Waals surface area contributed by atoms with E-state index in [1.54, 1.807) is 0 Å². The Morgan fingerprint density at radius 2 is 2.05 bits per heavy atom. The van der Waals surface area contributed by atoms with Crippen molar-refractivity contribution < 1.29 is 19.7 Å². The number of carbonyl (C=O) groups excluding carboxylic acids is 1. The van der Waals surface area contributed by atoms with Crippen LogP contribution in [0.25, 0.3) is 20.9 Å². The zero-order valence-corrected chi connectivity index (χ0v) is 9.99. The van der Waals surface area contributed by atoms with Crippen molar-refractivity contribution in [2.24, 2.45) is 10.2 Å². The molecule has 1 aliphatic heterocycles. The quantitative estimate of drug-likeness (QED) is 0.356. The fourth-order valence-corrected chi connectivity index (χ4v) is 1.73. The van der Waals surface area contributed by atoms with E-state index < -0.39 is 36.5 Å². The van der Waals surface area contributed by atoms with Gasteiger partial charge in [0.15, 0.2) is 6.23 Å². The van der Waals surface area contributed by atoms with Crippen molar-refractivity contribution in [1.82, 2.24) is 5.32 Å². The minimum Gasteiger partial charge on any atom is -0.390 e.